The van der Waals surface area contributed by atoms with Crippen LogP contribution in [0.25, 0.3) is 0 Å². The average molecular weight is 270 g/mol. The van der Waals surface area contributed by atoms with Crippen LogP contribution in [0.1, 0.15) is 47.0 Å². The monoisotopic (exact) mass is 270 g/mol. The Hall–Kier alpha value is -0.610. The van der Waals surface area contributed by atoms with Gasteiger partial charge in [0.2, 0.25) is 5.91 Å². The molecule has 3 atom stereocenters. The topological polar surface area (TPSA) is 52.6 Å². The van der Waals surface area contributed by atoms with Crippen molar-refractivity contribution in [3.8, 4) is 0 Å². The van der Waals surface area contributed by atoms with Crippen LogP contribution in [0.3, 0.4) is 0 Å². The highest BCUT2D eigenvalue weighted by molar-refractivity contribution is 5.78. The minimum Gasteiger partial charge on any atom is -0.392 e. The van der Waals surface area contributed by atoms with E-state index in [1.54, 1.807) is 0 Å². The summed E-state index contributed by atoms with van der Waals surface area (Å²) < 4.78 is 0. The fraction of sp³-hybridized carbons (Fsp3) is 0.933. The van der Waals surface area contributed by atoms with Gasteiger partial charge < -0.3 is 10.4 Å². The molecule has 4 nitrogen and oxygen atoms in total. The molecule has 0 aromatic rings. The lowest BCUT2D eigenvalue weighted by molar-refractivity contribution is -0.123. The predicted octanol–water partition coefficient (Wildman–Crippen LogP) is 1.63. The number of piperidine rings is 1. The second kappa shape index (κ2) is 7.85. The van der Waals surface area contributed by atoms with E-state index in [0.29, 0.717) is 24.9 Å². The highest BCUT2D eigenvalue weighted by Gasteiger charge is 2.25. The Labute approximate surface area is 117 Å². The van der Waals surface area contributed by atoms with Gasteiger partial charge in [0.05, 0.1) is 12.6 Å². The Balaban J connectivity index is 2.23. The third-order valence-electron chi connectivity index (χ3n) is 3.95. The van der Waals surface area contributed by atoms with Gasteiger partial charge in [-0.25, -0.2) is 0 Å². The minimum absolute atomic E-state index is 0.0815. The number of β-amino-alcohol motifs (C(OH)–C–C–N with tert-alkyl or cyclic N) is 1. The summed E-state index contributed by atoms with van der Waals surface area (Å²) in [6.07, 6.45) is 2.85. The second-order valence-electron chi connectivity index (χ2n) is 6.51. The molecule has 112 valence electrons. The van der Waals surface area contributed by atoms with Gasteiger partial charge in [-0.1, -0.05) is 20.8 Å². The number of carbonyl (C=O) groups excluding carboxylic acids is 1. The first kappa shape index (κ1) is 16.4. The second-order valence-corrected chi connectivity index (χ2v) is 6.51. The molecule has 0 aromatic carbocycles. The van der Waals surface area contributed by atoms with E-state index in [0.717, 1.165) is 25.8 Å². The maximum atomic E-state index is 11.9. The van der Waals surface area contributed by atoms with Crippen molar-refractivity contribution in [3.63, 3.8) is 0 Å². The van der Waals surface area contributed by atoms with E-state index in [2.05, 4.69) is 37.9 Å². The van der Waals surface area contributed by atoms with Crippen molar-refractivity contribution in [2.24, 2.45) is 11.8 Å². The number of likely N-dealkylation sites (tertiary alicyclic amines) is 1. The molecular weight excluding hydrogens is 240 g/mol. The summed E-state index contributed by atoms with van der Waals surface area (Å²) in [6.45, 7) is 10.5. The molecule has 0 bridgehead atoms. The molecule has 0 spiro atoms. The highest BCUT2D eigenvalue weighted by Crippen LogP contribution is 2.16. The zero-order chi connectivity index (χ0) is 14.4. The number of rotatable bonds is 6. The number of hydrogen-bond donors (Lipinski definition) is 2. The first-order valence-corrected chi connectivity index (χ1v) is 7.58. The lowest BCUT2D eigenvalue weighted by Crippen LogP contribution is -2.48. The SMILES string of the molecule is CC(C)CCC(C)NC(=O)CN1CCC(C)C(O)C1. The quantitative estimate of drug-likeness (QED) is 0.771. The minimum atomic E-state index is -0.292. The third-order valence-corrected chi connectivity index (χ3v) is 3.95. The van der Waals surface area contributed by atoms with E-state index >= 15 is 0 Å². The molecule has 0 radical (unpaired) electrons. The van der Waals surface area contributed by atoms with E-state index in [9.17, 15) is 9.90 Å². The van der Waals surface area contributed by atoms with Crippen molar-refractivity contribution >= 4 is 5.91 Å². The van der Waals surface area contributed by atoms with E-state index in [-0.39, 0.29) is 18.1 Å². The van der Waals surface area contributed by atoms with Crippen molar-refractivity contribution in [1.82, 2.24) is 10.2 Å². The molecule has 1 saturated heterocycles. The number of aliphatic hydroxyl groups excluding tert-OH is 1. The summed E-state index contributed by atoms with van der Waals surface area (Å²) in [5.74, 6) is 1.11. The van der Waals surface area contributed by atoms with Gasteiger partial charge in [0.1, 0.15) is 0 Å². The Morgan fingerprint density at radius 1 is 1.37 bits per heavy atom. The van der Waals surface area contributed by atoms with Gasteiger partial charge in [-0.3, -0.25) is 9.69 Å². The molecule has 1 aliphatic heterocycles. The molecular formula is C15H30N2O2. The van der Waals surface area contributed by atoms with Gasteiger partial charge in [0.25, 0.3) is 0 Å². The Kier molecular flexibility index (Phi) is 6.80. The normalized spacial score (nSPS) is 26.4. The lowest BCUT2D eigenvalue weighted by Gasteiger charge is -2.33. The fourth-order valence-corrected chi connectivity index (χ4v) is 2.44. The summed E-state index contributed by atoms with van der Waals surface area (Å²) in [5.41, 5.74) is 0. The number of carbonyl (C=O) groups is 1. The Bertz CT molecular complexity index is 281. The van der Waals surface area contributed by atoms with Crippen molar-refractivity contribution in [2.45, 2.75) is 59.1 Å². The fourth-order valence-electron chi connectivity index (χ4n) is 2.44. The maximum Gasteiger partial charge on any atom is 0.234 e. The molecule has 1 heterocycles. The molecule has 0 saturated carbocycles. The Morgan fingerprint density at radius 3 is 2.63 bits per heavy atom. The van der Waals surface area contributed by atoms with E-state index in [4.69, 9.17) is 0 Å². The van der Waals surface area contributed by atoms with Gasteiger partial charge in [-0.05, 0) is 44.6 Å². The van der Waals surface area contributed by atoms with Crippen LogP contribution in [0.15, 0.2) is 0 Å². The number of hydrogen-bond acceptors (Lipinski definition) is 3. The number of amides is 1. The zero-order valence-corrected chi connectivity index (χ0v) is 12.9. The summed E-state index contributed by atoms with van der Waals surface area (Å²) in [4.78, 5) is 14.0. The predicted molar refractivity (Wildman–Crippen MR) is 77.9 cm³/mol. The molecule has 3 unspecified atom stereocenters. The largest absolute Gasteiger partial charge is 0.392 e. The summed E-state index contributed by atoms with van der Waals surface area (Å²) in [7, 11) is 0. The molecule has 0 aliphatic carbocycles. The first-order valence-electron chi connectivity index (χ1n) is 7.58. The van der Waals surface area contributed by atoms with Crippen LogP contribution in [0.5, 0.6) is 0 Å². The van der Waals surface area contributed by atoms with Crippen LogP contribution in [-0.2, 0) is 4.79 Å². The van der Waals surface area contributed by atoms with Crippen molar-refractivity contribution < 1.29 is 9.90 Å². The van der Waals surface area contributed by atoms with Crippen molar-refractivity contribution in [3.05, 3.63) is 0 Å². The van der Waals surface area contributed by atoms with Crippen LogP contribution in [0.4, 0.5) is 0 Å². The van der Waals surface area contributed by atoms with Crippen LogP contribution >= 0.6 is 0 Å². The number of aliphatic hydroxyl groups is 1. The standard InChI is InChI=1S/C15H30N2O2/c1-11(2)5-6-13(4)16-15(19)10-17-8-7-12(3)14(18)9-17/h11-14,18H,5-10H2,1-4H3,(H,16,19). The van der Waals surface area contributed by atoms with Crippen LogP contribution in [0.2, 0.25) is 0 Å². The number of nitrogens with one attached hydrogen (secondary N) is 1. The van der Waals surface area contributed by atoms with Crippen molar-refractivity contribution in [1.29, 1.82) is 0 Å². The summed E-state index contributed by atoms with van der Waals surface area (Å²) in [6, 6.07) is 0.239. The molecule has 1 fully saturated rings. The molecule has 19 heavy (non-hydrogen) atoms. The van der Waals surface area contributed by atoms with Gasteiger partial charge in [0, 0.05) is 12.6 Å². The molecule has 1 amide bonds. The number of nitrogens with zero attached hydrogens (tertiary/aromatic N) is 1. The van der Waals surface area contributed by atoms with Gasteiger partial charge in [0.15, 0.2) is 0 Å². The molecule has 0 aromatic heterocycles. The smallest absolute Gasteiger partial charge is 0.234 e. The van der Waals surface area contributed by atoms with Gasteiger partial charge >= 0.3 is 0 Å². The Morgan fingerprint density at radius 2 is 2.05 bits per heavy atom. The van der Waals surface area contributed by atoms with Crippen LogP contribution in [0, 0.1) is 11.8 Å². The van der Waals surface area contributed by atoms with E-state index in [1.165, 1.54) is 0 Å². The molecule has 1 aliphatic rings. The van der Waals surface area contributed by atoms with E-state index in [1.807, 2.05) is 0 Å². The maximum absolute atomic E-state index is 11.9. The van der Waals surface area contributed by atoms with Gasteiger partial charge in [-0.15, -0.1) is 0 Å². The van der Waals surface area contributed by atoms with Crippen LogP contribution < -0.4 is 5.32 Å². The van der Waals surface area contributed by atoms with Gasteiger partial charge in [-0.2, -0.15) is 0 Å². The highest BCUT2D eigenvalue weighted by atomic mass is 16.3. The summed E-state index contributed by atoms with van der Waals surface area (Å²) >= 11 is 0. The average Bonchev–Trinajstić information content (AvgIpc) is 2.31. The zero-order valence-electron chi connectivity index (χ0n) is 12.9. The molecule has 1 rings (SSSR count). The third kappa shape index (κ3) is 6.39. The van der Waals surface area contributed by atoms with Crippen molar-refractivity contribution in [2.75, 3.05) is 19.6 Å². The van der Waals surface area contributed by atoms with Crippen LogP contribution in [-0.4, -0.2) is 47.7 Å². The van der Waals surface area contributed by atoms with E-state index < -0.39 is 0 Å². The molecule has 2 N–H and O–H groups in total. The summed E-state index contributed by atoms with van der Waals surface area (Å²) in [5, 5.41) is 12.9. The molecule has 4 heteroatoms. The lowest BCUT2D eigenvalue weighted by atomic mass is 9.96. The first-order chi connectivity index (χ1) is 8.88.